The van der Waals surface area contributed by atoms with E-state index in [0.29, 0.717) is 23.7 Å². The second-order valence-electron chi connectivity index (χ2n) is 9.25. The normalized spacial score (nSPS) is 15.1. The summed E-state index contributed by atoms with van der Waals surface area (Å²) in [5.74, 6) is -0.926. The van der Waals surface area contributed by atoms with Gasteiger partial charge < -0.3 is 0 Å². The zero-order valence-electron chi connectivity index (χ0n) is 20.2. The summed E-state index contributed by atoms with van der Waals surface area (Å²) in [4.78, 5) is 19.8. The van der Waals surface area contributed by atoms with Crippen LogP contribution in [-0.4, -0.2) is 20.7 Å². The Hall–Kier alpha value is -3.22. The number of hydrogen-bond donors (Lipinski definition) is 0. The van der Waals surface area contributed by atoms with Crippen LogP contribution in [0.15, 0.2) is 60.8 Å². The summed E-state index contributed by atoms with van der Waals surface area (Å²) in [5, 5.41) is 5.33. The maximum absolute atomic E-state index is 15.3. The maximum atomic E-state index is 15.3. The van der Waals surface area contributed by atoms with Gasteiger partial charge in [-0.2, -0.15) is 5.10 Å². The zero-order valence-corrected chi connectivity index (χ0v) is 21.7. The lowest BCUT2D eigenvalue weighted by atomic mass is 9.92. The summed E-state index contributed by atoms with van der Waals surface area (Å²) < 4.78 is 17.2. The molecule has 0 N–H and O–H groups in total. The second kappa shape index (κ2) is 9.68. The van der Waals surface area contributed by atoms with Gasteiger partial charge >= 0.3 is 0 Å². The summed E-state index contributed by atoms with van der Waals surface area (Å²) in [6, 6.07) is 15.5. The largest absolute Gasteiger partial charge is 0.292 e. The average Bonchev–Trinajstić information content (AvgIpc) is 3.35. The fourth-order valence-electron chi connectivity index (χ4n) is 4.99. The first-order valence-corrected chi connectivity index (χ1v) is 12.6. The predicted octanol–water partition coefficient (Wildman–Crippen LogP) is 7.15. The Kier molecular flexibility index (Phi) is 6.58. The number of aryl methyl sites for hydroxylation is 3. The molecule has 1 atom stereocenters. The van der Waals surface area contributed by atoms with Crippen molar-refractivity contribution in [2.75, 3.05) is 4.90 Å². The van der Waals surface area contributed by atoms with E-state index in [-0.39, 0.29) is 22.5 Å². The molecule has 1 aliphatic rings. The van der Waals surface area contributed by atoms with E-state index in [1.165, 1.54) is 11.0 Å². The van der Waals surface area contributed by atoms with Gasteiger partial charge in [0, 0.05) is 41.1 Å². The Labute approximate surface area is 219 Å². The van der Waals surface area contributed by atoms with Crippen molar-refractivity contribution in [3.63, 3.8) is 0 Å². The quantitative estimate of drug-likeness (QED) is 0.270. The molecule has 5 nitrogen and oxygen atoms in total. The highest BCUT2D eigenvalue weighted by Gasteiger charge is 2.46. The number of halogens is 3. The van der Waals surface area contributed by atoms with Gasteiger partial charge in [0.05, 0.1) is 16.8 Å². The Morgan fingerprint density at radius 3 is 2.58 bits per heavy atom. The van der Waals surface area contributed by atoms with Crippen molar-refractivity contribution >= 4 is 34.8 Å². The Morgan fingerprint density at radius 1 is 1.08 bits per heavy atom. The van der Waals surface area contributed by atoms with Crippen LogP contribution in [0.4, 0.5) is 10.1 Å². The van der Waals surface area contributed by atoms with Gasteiger partial charge in [0.15, 0.2) is 11.5 Å². The van der Waals surface area contributed by atoms with Crippen molar-refractivity contribution in [2.24, 2.45) is 0 Å². The van der Waals surface area contributed by atoms with Crippen molar-refractivity contribution in [3.05, 3.63) is 110 Å². The van der Waals surface area contributed by atoms with E-state index in [1.54, 1.807) is 24.4 Å². The van der Waals surface area contributed by atoms with Crippen molar-refractivity contribution < 1.29 is 9.18 Å². The van der Waals surface area contributed by atoms with Crippen molar-refractivity contribution in [3.8, 4) is 0 Å². The fourth-order valence-corrected chi connectivity index (χ4v) is 5.39. The number of pyridine rings is 1. The van der Waals surface area contributed by atoms with Gasteiger partial charge in [0.25, 0.3) is 5.91 Å². The molecule has 0 bridgehead atoms. The smallest absolute Gasteiger partial charge is 0.280 e. The standard InChI is InChI=1S/C28H25Cl2FN4O/c1-16(2)26-23-25(33-34(26)14-12-19-7-4-5-13-32-19)28(36)35(22-9-6-8-21(30)24(22)31)27(23)20-11-10-18(29)15-17(20)3/h4-11,13,15-16,27H,12,14H2,1-3H3. The second-order valence-corrected chi connectivity index (χ2v) is 10.1. The molecule has 8 heteroatoms. The van der Waals surface area contributed by atoms with Crippen LogP contribution in [0, 0.1) is 12.7 Å². The first-order chi connectivity index (χ1) is 17.3. The molecule has 184 valence electrons. The van der Waals surface area contributed by atoms with Crippen molar-refractivity contribution in [1.29, 1.82) is 0 Å². The van der Waals surface area contributed by atoms with Crippen LogP contribution in [-0.2, 0) is 13.0 Å². The molecule has 2 aromatic heterocycles. The highest BCUT2D eigenvalue weighted by Crippen LogP contribution is 2.47. The third kappa shape index (κ3) is 4.18. The molecule has 0 spiro atoms. The minimum atomic E-state index is -0.636. The Morgan fingerprint density at radius 2 is 1.89 bits per heavy atom. The fraction of sp³-hybridized carbons (Fsp3) is 0.250. The molecule has 0 aliphatic carbocycles. The number of aromatic nitrogens is 3. The average molecular weight is 523 g/mol. The molecule has 0 saturated heterocycles. The summed E-state index contributed by atoms with van der Waals surface area (Å²) in [5.41, 5.74) is 4.90. The van der Waals surface area contributed by atoms with Gasteiger partial charge in [-0.05, 0) is 60.4 Å². The van der Waals surface area contributed by atoms with Gasteiger partial charge in [0.1, 0.15) is 0 Å². The molecule has 4 aromatic rings. The lowest BCUT2D eigenvalue weighted by Crippen LogP contribution is -2.31. The van der Waals surface area contributed by atoms with Crippen LogP contribution in [0.5, 0.6) is 0 Å². The SMILES string of the molecule is Cc1cc(Cl)ccc1C1c2c(nn(CCc3ccccn3)c2C(C)C)C(=O)N1c1cccc(Cl)c1F. The number of rotatable bonds is 6. The highest BCUT2D eigenvalue weighted by atomic mass is 35.5. The Bertz CT molecular complexity index is 1450. The van der Waals surface area contributed by atoms with Crippen LogP contribution in [0.1, 0.15) is 64.4 Å². The number of nitrogens with zero attached hydrogens (tertiary/aromatic N) is 4. The number of anilines is 1. The molecule has 1 unspecified atom stereocenters. The third-order valence-electron chi connectivity index (χ3n) is 6.55. The van der Waals surface area contributed by atoms with E-state index >= 15 is 4.39 Å². The molecule has 3 heterocycles. The molecular formula is C28H25Cl2FN4O. The van der Waals surface area contributed by atoms with Crippen LogP contribution in [0.3, 0.4) is 0 Å². The van der Waals surface area contributed by atoms with Gasteiger partial charge in [0.2, 0.25) is 0 Å². The molecule has 0 fully saturated rings. The summed E-state index contributed by atoms with van der Waals surface area (Å²) >= 11 is 12.4. The number of carbonyl (C=O) groups is 1. The van der Waals surface area contributed by atoms with E-state index < -0.39 is 11.9 Å². The van der Waals surface area contributed by atoms with Crippen LogP contribution >= 0.6 is 23.2 Å². The maximum Gasteiger partial charge on any atom is 0.280 e. The first-order valence-electron chi connectivity index (χ1n) is 11.8. The van der Waals surface area contributed by atoms with Crippen LogP contribution in [0.2, 0.25) is 10.0 Å². The predicted molar refractivity (Wildman–Crippen MR) is 141 cm³/mol. The number of benzene rings is 2. The van der Waals surface area contributed by atoms with Crippen molar-refractivity contribution in [1.82, 2.24) is 14.8 Å². The monoisotopic (exact) mass is 522 g/mol. The van der Waals surface area contributed by atoms with Crippen LogP contribution < -0.4 is 4.90 Å². The lowest BCUT2D eigenvalue weighted by Gasteiger charge is -2.29. The van der Waals surface area contributed by atoms with E-state index in [9.17, 15) is 4.79 Å². The third-order valence-corrected chi connectivity index (χ3v) is 7.08. The zero-order chi connectivity index (χ0) is 25.6. The number of fused-ring (bicyclic) bond motifs is 1. The molecule has 5 rings (SSSR count). The minimum absolute atomic E-state index is 0.0408. The molecule has 36 heavy (non-hydrogen) atoms. The lowest BCUT2D eigenvalue weighted by molar-refractivity contribution is 0.0986. The Balaban J connectivity index is 1.69. The molecule has 0 radical (unpaired) electrons. The summed E-state index contributed by atoms with van der Waals surface area (Å²) in [7, 11) is 0. The number of carbonyl (C=O) groups excluding carboxylic acids is 1. The molecule has 1 amide bonds. The summed E-state index contributed by atoms with van der Waals surface area (Å²) in [6.45, 7) is 6.67. The molecule has 2 aromatic carbocycles. The van der Waals surface area contributed by atoms with Crippen LogP contribution in [0.25, 0.3) is 0 Å². The van der Waals surface area contributed by atoms with E-state index in [4.69, 9.17) is 28.3 Å². The molecular weight excluding hydrogens is 498 g/mol. The van der Waals surface area contributed by atoms with Gasteiger partial charge in [-0.25, -0.2) is 4.39 Å². The topological polar surface area (TPSA) is 51.0 Å². The number of amides is 1. The molecule has 1 aliphatic heterocycles. The first kappa shape index (κ1) is 24.5. The van der Waals surface area contributed by atoms with Gasteiger partial charge in [-0.3, -0.25) is 19.4 Å². The van der Waals surface area contributed by atoms with E-state index in [1.807, 2.05) is 41.9 Å². The molecule has 0 saturated carbocycles. The van der Waals surface area contributed by atoms with Gasteiger partial charge in [-0.1, -0.05) is 55.2 Å². The minimum Gasteiger partial charge on any atom is -0.292 e. The summed E-state index contributed by atoms with van der Waals surface area (Å²) in [6.07, 6.45) is 2.44. The van der Waals surface area contributed by atoms with Gasteiger partial charge in [-0.15, -0.1) is 0 Å². The number of hydrogen-bond acceptors (Lipinski definition) is 3. The van der Waals surface area contributed by atoms with E-state index in [2.05, 4.69) is 18.8 Å². The van der Waals surface area contributed by atoms with E-state index in [0.717, 1.165) is 28.1 Å². The highest BCUT2D eigenvalue weighted by molar-refractivity contribution is 6.31. The van der Waals surface area contributed by atoms with Crippen molar-refractivity contribution in [2.45, 2.75) is 45.7 Å².